The summed E-state index contributed by atoms with van der Waals surface area (Å²) in [5.74, 6) is 1.92. The van der Waals surface area contributed by atoms with Crippen LogP contribution in [0, 0.1) is 11.8 Å². The van der Waals surface area contributed by atoms with E-state index in [9.17, 15) is 0 Å². The summed E-state index contributed by atoms with van der Waals surface area (Å²) in [7, 11) is 1.50. The first-order valence-electron chi connectivity index (χ1n) is 4.61. The summed E-state index contributed by atoms with van der Waals surface area (Å²) in [4.78, 5) is 0. The summed E-state index contributed by atoms with van der Waals surface area (Å²) in [6.07, 6.45) is 2.84. The maximum atomic E-state index is 4.50. The van der Waals surface area contributed by atoms with Gasteiger partial charge in [-0.05, 0) is 31.7 Å². The van der Waals surface area contributed by atoms with Gasteiger partial charge < -0.3 is 11.1 Å². The molecule has 2 rings (SSSR count). The Hall–Kier alpha value is -0.0800. The number of fused-ring (bicyclic) bond motifs is 1. The zero-order valence-electron chi connectivity index (χ0n) is 7.80. The molecule has 1 saturated carbocycles. The molecule has 66 valence electrons. The van der Waals surface area contributed by atoms with Crippen LogP contribution in [0.25, 0.3) is 0 Å². The van der Waals surface area contributed by atoms with Gasteiger partial charge in [-0.3, -0.25) is 0 Å². The van der Waals surface area contributed by atoms with E-state index in [4.69, 9.17) is 0 Å². The van der Waals surface area contributed by atoms with E-state index in [0.717, 1.165) is 23.9 Å². The first-order valence-corrected chi connectivity index (χ1v) is 4.61. The van der Waals surface area contributed by atoms with Gasteiger partial charge in [-0.25, -0.2) is 0 Å². The molecule has 3 N–H and O–H groups in total. The van der Waals surface area contributed by atoms with Crippen molar-refractivity contribution in [2.24, 2.45) is 17.6 Å². The Morgan fingerprint density at radius 1 is 1.00 bits per heavy atom. The van der Waals surface area contributed by atoms with E-state index < -0.39 is 0 Å². The molecule has 4 atom stereocenters. The maximum absolute atomic E-state index is 4.50. The van der Waals surface area contributed by atoms with Crippen LogP contribution in [0.5, 0.6) is 0 Å². The molecule has 0 aromatic carbocycles. The number of rotatable bonds is 0. The van der Waals surface area contributed by atoms with Crippen molar-refractivity contribution < 1.29 is 0 Å². The molecule has 0 spiro atoms. The second-order valence-corrected chi connectivity index (χ2v) is 3.81. The normalized spacial score (nSPS) is 46.9. The third-order valence-electron chi connectivity index (χ3n) is 3.03. The van der Waals surface area contributed by atoms with Crippen LogP contribution in [0.15, 0.2) is 0 Å². The van der Waals surface area contributed by atoms with Crippen molar-refractivity contribution in [1.82, 2.24) is 5.32 Å². The van der Waals surface area contributed by atoms with Crippen LogP contribution in [0.2, 0.25) is 0 Å². The van der Waals surface area contributed by atoms with Gasteiger partial charge in [-0.2, -0.15) is 0 Å². The van der Waals surface area contributed by atoms with Crippen molar-refractivity contribution in [3.8, 4) is 0 Å². The molecule has 2 nitrogen and oxygen atoms in total. The smallest absolute Gasteiger partial charge is 0.0227 e. The van der Waals surface area contributed by atoms with E-state index in [1.54, 1.807) is 0 Å². The van der Waals surface area contributed by atoms with E-state index in [1.165, 1.54) is 19.9 Å². The molecule has 0 amide bonds. The largest absolute Gasteiger partial charge is 0.333 e. The van der Waals surface area contributed by atoms with Crippen LogP contribution in [0.3, 0.4) is 0 Å². The fourth-order valence-corrected chi connectivity index (χ4v) is 1.95. The summed E-state index contributed by atoms with van der Waals surface area (Å²) in [6, 6.07) is 1.83. The maximum Gasteiger partial charge on any atom is 0.0227 e. The van der Waals surface area contributed by atoms with Gasteiger partial charge in [0.15, 0.2) is 0 Å². The molecule has 11 heavy (non-hydrogen) atoms. The second kappa shape index (κ2) is 3.55. The van der Waals surface area contributed by atoms with Crippen LogP contribution < -0.4 is 11.1 Å². The molecule has 2 fully saturated rings. The monoisotopic (exact) mass is 156 g/mol. The molecule has 4 unspecified atom stereocenters. The molecule has 0 aromatic rings. The Labute approximate surface area is 69.5 Å². The van der Waals surface area contributed by atoms with E-state index in [-0.39, 0.29) is 0 Å². The lowest BCUT2D eigenvalue weighted by Crippen LogP contribution is -2.19. The molecule has 0 bridgehead atoms. The summed E-state index contributed by atoms with van der Waals surface area (Å²) in [6.45, 7) is 4.75. The molecule has 2 aliphatic rings. The lowest BCUT2D eigenvalue weighted by molar-refractivity contribution is 0.309. The SMILES string of the molecule is CC1CC2NC2CC1C.CN. The van der Waals surface area contributed by atoms with Crippen molar-refractivity contribution in [1.29, 1.82) is 0 Å². The van der Waals surface area contributed by atoms with Crippen molar-refractivity contribution in [3.05, 3.63) is 0 Å². The van der Waals surface area contributed by atoms with Gasteiger partial charge in [-0.15, -0.1) is 0 Å². The van der Waals surface area contributed by atoms with Crippen molar-refractivity contribution >= 4 is 0 Å². The van der Waals surface area contributed by atoms with Crippen molar-refractivity contribution in [3.63, 3.8) is 0 Å². The van der Waals surface area contributed by atoms with Gasteiger partial charge in [0.05, 0.1) is 0 Å². The van der Waals surface area contributed by atoms with Gasteiger partial charge in [0.25, 0.3) is 0 Å². The lowest BCUT2D eigenvalue weighted by atomic mass is 9.82. The Kier molecular flexibility index (Phi) is 2.90. The van der Waals surface area contributed by atoms with Crippen LogP contribution in [0.4, 0.5) is 0 Å². The number of nitrogens with two attached hydrogens (primary N) is 1. The van der Waals surface area contributed by atoms with Crippen LogP contribution in [-0.4, -0.2) is 19.1 Å². The highest BCUT2D eigenvalue weighted by Crippen LogP contribution is 2.36. The van der Waals surface area contributed by atoms with Gasteiger partial charge in [0.1, 0.15) is 0 Å². The molecule has 1 heterocycles. The minimum Gasteiger partial charge on any atom is -0.333 e. The molecular formula is C9H20N2. The molecule has 0 aromatic heterocycles. The summed E-state index contributed by atoms with van der Waals surface area (Å²) >= 11 is 0. The minimum atomic E-state index is 0.913. The Morgan fingerprint density at radius 3 is 1.73 bits per heavy atom. The molecule has 2 heteroatoms. The topological polar surface area (TPSA) is 48.0 Å². The fourth-order valence-electron chi connectivity index (χ4n) is 1.95. The van der Waals surface area contributed by atoms with E-state index >= 15 is 0 Å². The van der Waals surface area contributed by atoms with Crippen LogP contribution in [-0.2, 0) is 0 Å². The van der Waals surface area contributed by atoms with Gasteiger partial charge >= 0.3 is 0 Å². The van der Waals surface area contributed by atoms with Crippen molar-refractivity contribution in [2.75, 3.05) is 7.05 Å². The average Bonchev–Trinajstić information content (AvgIpc) is 2.72. The van der Waals surface area contributed by atoms with Gasteiger partial charge in [0, 0.05) is 12.1 Å². The number of hydrogen-bond acceptors (Lipinski definition) is 2. The quantitative estimate of drug-likeness (QED) is 0.513. The number of nitrogens with one attached hydrogen (secondary N) is 1. The van der Waals surface area contributed by atoms with E-state index in [2.05, 4.69) is 24.9 Å². The summed E-state index contributed by atoms with van der Waals surface area (Å²) in [5, 5.41) is 3.49. The second-order valence-electron chi connectivity index (χ2n) is 3.81. The predicted octanol–water partition coefficient (Wildman–Crippen LogP) is 0.968. The predicted molar refractivity (Wildman–Crippen MR) is 48.4 cm³/mol. The van der Waals surface area contributed by atoms with Gasteiger partial charge in [-0.1, -0.05) is 13.8 Å². The Morgan fingerprint density at radius 2 is 1.36 bits per heavy atom. The highest BCUT2D eigenvalue weighted by Gasteiger charge is 2.42. The zero-order valence-corrected chi connectivity index (χ0v) is 7.80. The van der Waals surface area contributed by atoms with E-state index in [0.29, 0.717) is 0 Å². The Balaban J connectivity index is 0.000000281. The highest BCUT2D eigenvalue weighted by atomic mass is 15.2. The lowest BCUT2D eigenvalue weighted by Gasteiger charge is -2.22. The number of hydrogen-bond donors (Lipinski definition) is 2. The summed E-state index contributed by atoms with van der Waals surface area (Å²) in [5.41, 5.74) is 4.50. The van der Waals surface area contributed by atoms with E-state index in [1.807, 2.05) is 0 Å². The third-order valence-corrected chi connectivity index (χ3v) is 3.03. The molecule has 1 aliphatic heterocycles. The third kappa shape index (κ3) is 1.94. The highest BCUT2D eigenvalue weighted by molar-refractivity contribution is 5.03. The first-order chi connectivity index (χ1) is 5.27. The van der Waals surface area contributed by atoms with Gasteiger partial charge in [0.2, 0.25) is 0 Å². The average molecular weight is 156 g/mol. The summed E-state index contributed by atoms with van der Waals surface area (Å²) < 4.78 is 0. The molecule has 1 aliphatic carbocycles. The Bertz CT molecular complexity index is 111. The zero-order chi connectivity index (χ0) is 8.43. The van der Waals surface area contributed by atoms with Crippen LogP contribution >= 0.6 is 0 Å². The first kappa shape index (κ1) is 9.01. The van der Waals surface area contributed by atoms with Crippen LogP contribution in [0.1, 0.15) is 26.7 Å². The molecule has 1 saturated heterocycles. The fraction of sp³-hybridized carbons (Fsp3) is 1.00. The minimum absolute atomic E-state index is 0.913. The standard InChI is InChI=1S/C8H15N.CH5N/c1-5-3-7-8(9-7)4-6(5)2;1-2/h5-9H,3-4H2,1-2H3;2H2,1H3. The molecular weight excluding hydrogens is 136 g/mol. The molecule has 0 radical (unpaired) electrons. The van der Waals surface area contributed by atoms with Crippen molar-refractivity contribution in [2.45, 2.75) is 38.8 Å².